The Morgan fingerprint density at radius 1 is 1.47 bits per heavy atom. The molecule has 0 aliphatic rings. The van der Waals surface area contributed by atoms with Crippen LogP contribution in [0.2, 0.25) is 0 Å². The third-order valence-corrected chi connectivity index (χ3v) is 2.52. The van der Waals surface area contributed by atoms with Crippen LogP contribution in [0.1, 0.15) is 46.0 Å². The topological polar surface area (TPSA) is 38.7 Å². The normalized spacial score (nSPS) is 13.0. The standard InChI is InChI=1S/C12H23NO2/c1-4-6-7-11(5-2)10-13-9-8-12(14)15-3/h9,11H,4-8,10H2,1-3H3. The van der Waals surface area contributed by atoms with E-state index in [1.54, 1.807) is 6.21 Å². The second-order valence-corrected chi connectivity index (χ2v) is 3.74. The summed E-state index contributed by atoms with van der Waals surface area (Å²) in [7, 11) is 1.40. The van der Waals surface area contributed by atoms with Crippen LogP contribution >= 0.6 is 0 Å². The number of carbonyl (C=O) groups excluding carboxylic acids is 1. The minimum atomic E-state index is -0.222. The molecule has 0 bridgehead atoms. The average molecular weight is 213 g/mol. The Morgan fingerprint density at radius 3 is 2.73 bits per heavy atom. The lowest BCUT2D eigenvalue weighted by molar-refractivity contribution is -0.139. The highest BCUT2D eigenvalue weighted by molar-refractivity contribution is 5.85. The van der Waals surface area contributed by atoms with Crippen molar-refractivity contribution in [3.05, 3.63) is 0 Å². The Kier molecular flexibility index (Phi) is 9.13. The molecule has 0 amide bonds. The van der Waals surface area contributed by atoms with Gasteiger partial charge in [-0.05, 0) is 12.3 Å². The van der Waals surface area contributed by atoms with Crippen LogP contribution in [-0.2, 0) is 9.53 Å². The Morgan fingerprint density at radius 2 is 2.20 bits per heavy atom. The molecule has 0 aromatic heterocycles. The van der Waals surface area contributed by atoms with Crippen molar-refractivity contribution in [1.82, 2.24) is 0 Å². The molecule has 1 atom stereocenters. The lowest BCUT2D eigenvalue weighted by Gasteiger charge is -2.10. The van der Waals surface area contributed by atoms with E-state index in [-0.39, 0.29) is 5.97 Å². The van der Waals surface area contributed by atoms with Gasteiger partial charge in [0.1, 0.15) is 0 Å². The number of hydrogen-bond acceptors (Lipinski definition) is 3. The molecule has 0 aliphatic carbocycles. The number of rotatable bonds is 8. The Balaban J connectivity index is 3.64. The third kappa shape index (κ3) is 8.16. The van der Waals surface area contributed by atoms with E-state index < -0.39 is 0 Å². The summed E-state index contributed by atoms with van der Waals surface area (Å²) in [5.74, 6) is 0.444. The van der Waals surface area contributed by atoms with Gasteiger partial charge in [0.2, 0.25) is 0 Å². The molecule has 0 aromatic carbocycles. The van der Waals surface area contributed by atoms with E-state index in [1.807, 2.05) is 0 Å². The van der Waals surface area contributed by atoms with Crippen LogP contribution in [0.4, 0.5) is 0 Å². The average Bonchev–Trinajstić information content (AvgIpc) is 2.27. The fourth-order valence-corrected chi connectivity index (χ4v) is 1.36. The number of esters is 1. The van der Waals surface area contributed by atoms with Gasteiger partial charge in [0.25, 0.3) is 0 Å². The Hall–Kier alpha value is -0.860. The van der Waals surface area contributed by atoms with Crippen molar-refractivity contribution in [2.75, 3.05) is 13.7 Å². The molecule has 0 spiro atoms. The van der Waals surface area contributed by atoms with E-state index in [0.29, 0.717) is 12.3 Å². The molecule has 88 valence electrons. The highest BCUT2D eigenvalue weighted by Crippen LogP contribution is 2.12. The summed E-state index contributed by atoms with van der Waals surface area (Å²) >= 11 is 0. The first kappa shape index (κ1) is 14.1. The number of aliphatic imine (C=N–C) groups is 1. The smallest absolute Gasteiger partial charge is 0.310 e. The maximum Gasteiger partial charge on any atom is 0.310 e. The molecule has 0 saturated carbocycles. The SMILES string of the molecule is CCCCC(CC)CN=CCC(=O)OC. The minimum Gasteiger partial charge on any atom is -0.469 e. The first-order chi connectivity index (χ1) is 7.24. The summed E-state index contributed by atoms with van der Waals surface area (Å²) < 4.78 is 4.52. The fourth-order valence-electron chi connectivity index (χ4n) is 1.36. The lowest BCUT2D eigenvalue weighted by Crippen LogP contribution is -2.05. The molecular weight excluding hydrogens is 190 g/mol. The molecule has 0 aromatic rings. The maximum atomic E-state index is 10.8. The number of nitrogens with zero attached hydrogens (tertiary/aromatic N) is 1. The van der Waals surface area contributed by atoms with Crippen molar-refractivity contribution < 1.29 is 9.53 Å². The number of hydrogen-bond donors (Lipinski definition) is 0. The molecule has 0 radical (unpaired) electrons. The van der Waals surface area contributed by atoms with Crippen LogP contribution in [0.25, 0.3) is 0 Å². The monoisotopic (exact) mass is 213 g/mol. The second-order valence-electron chi connectivity index (χ2n) is 3.74. The molecule has 0 N–H and O–H groups in total. The molecule has 0 fully saturated rings. The number of ether oxygens (including phenoxy) is 1. The zero-order chi connectivity index (χ0) is 11.5. The van der Waals surface area contributed by atoms with E-state index >= 15 is 0 Å². The molecular formula is C12H23NO2. The van der Waals surface area contributed by atoms with Crippen LogP contribution in [0.5, 0.6) is 0 Å². The maximum absolute atomic E-state index is 10.8. The molecule has 15 heavy (non-hydrogen) atoms. The molecule has 0 heterocycles. The highest BCUT2D eigenvalue weighted by Gasteiger charge is 2.03. The van der Waals surface area contributed by atoms with Crippen molar-refractivity contribution in [2.45, 2.75) is 46.0 Å². The van der Waals surface area contributed by atoms with Crippen LogP contribution < -0.4 is 0 Å². The van der Waals surface area contributed by atoms with Crippen molar-refractivity contribution in [3.63, 3.8) is 0 Å². The van der Waals surface area contributed by atoms with Gasteiger partial charge in [-0.1, -0.05) is 33.1 Å². The quantitative estimate of drug-likeness (QED) is 0.459. The predicted octanol–water partition coefficient (Wildman–Crippen LogP) is 2.84. The second kappa shape index (κ2) is 9.69. The number of carbonyl (C=O) groups is 1. The molecule has 0 aliphatic heterocycles. The van der Waals surface area contributed by atoms with E-state index in [9.17, 15) is 4.79 Å². The van der Waals surface area contributed by atoms with Gasteiger partial charge in [0, 0.05) is 12.8 Å². The summed E-state index contributed by atoms with van der Waals surface area (Å²) in [6, 6.07) is 0. The summed E-state index contributed by atoms with van der Waals surface area (Å²) in [5.41, 5.74) is 0. The van der Waals surface area contributed by atoms with Gasteiger partial charge in [-0.3, -0.25) is 9.79 Å². The largest absolute Gasteiger partial charge is 0.469 e. The van der Waals surface area contributed by atoms with Crippen molar-refractivity contribution in [2.24, 2.45) is 10.9 Å². The van der Waals surface area contributed by atoms with Gasteiger partial charge in [-0.15, -0.1) is 0 Å². The highest BCUT2D eigenvalue weighted by atomic mass is 16.5. The third-order valence-electron chi connectivity index (χ3n) is 2.52. The van der Waals surface area contributed by atoms with Gasteiger partial charge < -0.3 is 4.74 Å². The first-order valence-corrected chi connectivity index (χ1v) is 5.79. The van der Waals surface area contributed by atoms with Crippen LogP contribution in [0, 0.1) is 5.92 Å². The van der Waals surface area contributed by atoms with E-state index in [4.69, 9.17) is 0 Å². The van der Waals surface area contributed by atoms with Crippen LogP contribution in [0.15, 0.2) is 4.99 Å². The van der Waals surface area contributed by atoms with E-state index in [0.717, 1.165) is 13.0 Å². The predicted molar refractivity (Wildman–Crippen MR) is 63.3 cm³/mol. The van der Waals surface area contributed by atoms with Gasteiger partial charge in [0.15, 0.2) is 0 Å². The summed E-state index contributed by atoms with van der Waals surface area (Å²) in [4.78, 5) is 15.0. The van der Waals surface area contributed by atoms with Gasteiger partial charge >= 0.3 is 5.97 Å². The summed E-state index contributed by atoms with van der Waals surface area (Å²) in [6.45, 7) is 5.23. The van der Waals surface area contributed by atoms with E-state index in [1.165, 1.54) is 26.4 Å². The first-order valence-electron chi connectivity index (χ1n) is 5.79. The Bertz CT molecular complexity index is 190. The van der Waals surface area contributed by atoms with Gasteiger partial charge in [0.05, 0.1) is 13.5 Å². The zero-order valence-electron chi connectivity index (χ0n) is 10.2. The summed E-state index contributed by atoms with van der Waals surface area (Å²) in [5, 5.41) is 0. The molecule has 0 rings (SSSR count). The molecule has 0 saturated heterocycles. The van der Waals surface area contributed by atoms with Crippen molar-refractivity contribution in [3.8, 4) is 0 Å². The number of methoxy groups -OCH3 is 1. The van der Waals surface area contributed by atoms with Gasteiger partial charge in [-0.2, -0.15) is 0 Å². The fraction of sp³-hybridized carbons (Fsp3) is 0.833. The Labute approximate surface area is 92.9 Å². The lowest BCUT2D eigenvalue weighted by atomic mass is 10.00. The van der Waals surface area contributed by atoms with Crippen molar-refractivity contribution >= 4 is 12.2 Å². The summed E-state index contributed by atoms with van der Waals surface area (Å²) in [6.07, 6.45) is 6.87. The van der Waals surface area contributed by atoms with E-state index in [2.05, 4.69) is 23.6 Å². The minimum absolute atomic E-state index is 0.222. The van der Waals surface area contributed by atoms with Crippen LogP contribution in [0.3, 0.4) is 0 Å². The molecule has 3 nitrogen and oxygen atoms in total. The zero-order valence-corrected chi connectivity index (χ0v) is 10.2. The van der Waals surface area contributed by atoms with Crippen molar-refractivity contribution in [1.29, 1.82) is 0 Å². The van der Waals surface area contributed by atoms with Gasteiger partial charge in [-0.25, -0.2) is 0 Å². The number of unbranched alkanes of at least 4 members (excludes halogenated alkanes) is 1. The molecule has 1 unspecified atom stereocenters. The molecule has 3 heteroatoms. The van der Waals surface area contributed by atoms with Crippen LogP contribution in [-0.4, -0.2) is 25.8 Å².